The van der Waals surface area contributed by atoms with Crippen LogP contribution in [0.3, 0.4) is 0 Å². The van der Waals surface area contributed by atoms with Gasteiger partial charge in [0.05, 0.1) is 17.2 Å². The highest BCUT2D eigenvalue weighted by molar-refractivity contribution is 5.77. The summed E-state index contributed by atoms with van der Waals surface area (Å²) >= 11 is 0. The first-order valence-electron chi connectivity index (χ1n) is 7.49. The number of halogens is 3. The van der Waals surface area contributed by atoms with Gasteiger partial charge in [-0.15, -0.1) is 0 Å². The number of benzene rings is 1. The van der Waals surface area contributed by atoms with Crippen LogP contribution >= 0.6 is 0 Å². The Balaban J connectivity index is 2.44. The van der Waals surface area contributed by atoms with Crippen molar-refractivity contribution in [3.8, 4) is 11.8 Å². The summed E-state index contributed by atoms with van der Waals surface area (Å²) in [6, 6.07) is 4.66. The van der Waals surface area contributed by atoms with E-state index in [2.05, 4.69) is 0 Å². The van der Waals surface area contributed by atoms with E-state index >= 15 is 0 Å². The van der Waals surface area contributed by atoms with E-state index in [1.54, 1.807) is 6.92 Å². The van der Waals surface area contributed by atoms with Crippen molar-refractivity contribution in [3.63, 3.8) is 0 Å². The molecule has 0 aliphatic carbocycles. The molecular formula is C17H16F3NO3. The van der Waals surface area contributed by atoms with Crippen molar-refractivity contribution < 1.29 is 27.4 Å². The van der Waals surface area contributed by atoms with Gasteiger partial charge in [0, 0.05) is 5.57 Å². The molecule has 1 aliphatic heterocycles. The lowest BCUT2D eigenvalue weighted by molar-refractivity contribution is -0.149. The molecule has 0 fully saturated rings. The first kappa shape index (κ1) is 17.9. The third kappa shape index (κ3) is 3.53. The Hall–Kier alpha value is -2.49. The smallest absolute Gasteiger partial charge is 0.417 e. The lowest BCUT2D eigenvalue weighted by atomic mass is 9.96. The van der Waals surface area contributed by atoms with Gasteiger partial charge in [0.15, 0.2) is 0 Å². The Morgan fingerprint density at radius 2 is 2.08 bits per heavy atom. The quantitative estimate of drug-likeness (QED) is 0.771. The van der Waals surface area contributed by atoms with Gasteiger partial charge in [-0.3, -0.25) is 4.79 Å². The molecule has 0 amide bonds. The normalized spacial score (nSPS) is 18.2. The van der Waals surface area contributed by atoms with Crippen molar-refractivity contribution in [2.75, 3.05) is 6.61 Å². The summed E-state index contributed by atoms with van der Waals surface area (Å²) in [5, 5.41) is 8.83. The van der Waals surface area contributed by atoms with E-state index in [0.29, 0.717) is 18.6 Å². The predicted molar refractivity (Wildman–Crippen MR) is 78.8 cm³/mol. The van der Waals surface area contributed by atoms with Gasteiger partial charge in [0.25, 0.3) is 0 Å². The molecule has 0 saturated heterocycles. The minimum Gasteiger partial charge on any atom is -0.461 e. The highest BCUT2D eigenvalue weighted by atomic mass is 19.4. The van der Waals surface area contributed by atoms with Gasteiger partial charge in [0.1, 0.15) is 24.0 Å². The maximum Gasteiger partial charge on any atom is 0.417 e. The second-order valence-electron chi connectivity index (χ2n) is 5.31. The molecule has 4 nitrogen and oxygen atoms in total. The molecule has 1 aromatic carbocycles. The Morgan fingerprint density at radius 3 is 2.62 bits per heavy atom. The summed E-state index contributed by atoms with van der Waals surface area (Å²) < 4.78 is 49.9. The van der Waals surface area contributed by atoms with Gasteiger partial charge in [0.2, 0.25) is 0 Å². The van der Waals surface area contributed by atoms with Crippen molar-refractivity contribution in [3.05, 3.63) is 40.7 Å². The van der Waals surface area contributed by atoms with Crippen LogP contribution in [-0.2, 0) is 15.7 Å². The first-order chi connectivity index (χ1) is 11.3. The maximum atomic E-state index is 13.0. The number of hydrogen-bond acceptors (Lipinski definition) is 4. The van der Waals surface area contributed by atoms with Crippen LogP contribution < -0.4 is 4.74 Å². The topological polar surface area (TPSA) is 59.3 Å². The number of carbonyl (C=O) groups excluding carboxylic acids is 1. The van der Waals surface area contributed by atoms with Gasteiger partial charge in [-0.05, 0) is 31.0 Å². The average molecular weight is 339 g/mol. The van der Waals surface area contributed by atoms with E-state index in [1.807, 2.05) is 6.92 Å². The number of ether oxygens (including phenoxy) is 2. The minimum absolute atomic E-state index is 0.0598. The highest BCUT2D eigenvalue weighted by Gasteiger charge is 2.35. The van der Waals surface area contributed by atoms with Crippen LogP contribution in [0, 0.1) is 17.2 Å². The fourth-order valence-corrected chi connectivity index (χ4v) is 2.50. The lowest BCUT2D eigenvalue weighted by Gasteiger charge is -2.26. The number of rotatable bonds is 4. The fraction of sp³-hybridized carbons (Fsp3) is 0.412. The molecule has 0 aromatic heterocycles. The Morgan fingerprint density at radius 1 is 1.38 bits per heavy atom. The van der Waals surface area contributed by atoms with Gasteiger partial charge < -0.3 is 9.47 Å². The molecule has 0 bridgehead atoms. The van der Waals surface area contributed by atoms with Crippen LogP contribution in [-0.4, -0.2) is 12.6 Å². The van der Waals surface area contributed by atoms with Crippen molar-refractivity contribution in [1.29, 1.82) is 5.26 Å². The summed E-state index contributed by atoms with van der Waals surface area (Å²) in [6.07, 6.45) is -3.69. The van der Waals surface area contributed by atoms with Crippen LogP contribution in [0.1, 0.15) is 37.8 Å². The zero-order valence-electron chi connectivity index (χ0n) is 13.2. The molecule has 1 unspecified atom stereocenters. The van der Waals surface area contributed by atoms with E-state index in [0.717, 1.165) is 17.7 Å². The number of alkyl halides is 3. The SMILES string of the molecule is CCC1=C(Oc2ccc(C#N)c(C(F)(F)F)c2)C(CC)C(=O)OC1. The molecule has 2 rings (SSSR count). The standard InChI is InChI=1S/C17H16F3NO3/c1-3-10-9-23-16(22)13(4-2)15(10)24-12-6-5-11(8-21)14(7-12)17(18,19)20/h5-7,13H,3-4,9H2,1-2H3. The Labute approximate surface area is 137 Å². The van der Waals surface area contributed by atoms with Crippen LogP contribution in [0.4, 0.5) is 13.2 Å². The predicted octanol–water partition coefficient (Wildman–Crippen LogP) is 4.20. The van der Waals surface area contributed by atoms with Crippen LogP contribution in [0.2, 0.25) is 0 Å². The van der Waals surface area contributed by atoms with Crippen LogP contribution in [0.25, 0.3) is 0 Å². The van der Waals surface area contributed by atoms with Crippen LogP contribution in [0.15, 0.2) is 29.5 Å². The number of cyclic esters (lactones) is 1. The third-order valence-corrected chi connectivity index (χ3v) is 3.82. The molecule has 0 spiro atoms. The second kappa shape index (κ2) is 6.95. The molecule has 0 N–H and O–H groups in total. The molecule has 24 heavy (non-hydrogen) atoms. The number of hydrogen-bond donors (Lipinski definition) is 0. The van der Waals surface area contributed by atoms with E-state index in [9.17, 15) is 18.0 Å². The molecule has 0 radical (unpaired) electrons. The van der Waals surface area contributed by atoms with Crippen LogP contribution in [0.5, 0.6) is 5.75 Å². The molecule has 0 saturated carbocycles. The summed E-state index contributed by atoms with van der Waals surface area (Å²) in [7, 11) is 0. The van der Waals surface area contributed by atoms with Gasteiger partial charge in [-0.2, -0.15) is 18.4 Å². The van der Waals surface area contributed by atoms with Crippen molar-refractivity contribution >= 4 is 5.97 Å². The lowest BCUT2D eigenvalue weighted by Crippen LogP contribution is -2.29. The zero-order chi connectivity index (χ0) is 17.9. The molecule has 1 aromatic rings. The number of nitrogens with zero attached hydrogens (tertiary/aromatic N) is 1. The number of carbonyl (C=O) groups is 1. The third-order valence-electron chi connectivity index (χ3n) is 3.82. The number of esters is 1. The minimum atomic E-state index is -4.66. The molecular weight excluding hydrogens is 323 g/mol. The maximum absolute atomic E-state index is 13.0. The van der Waals surface area contributed by atoms with Gasteiger partial charge >= 0.3 is 12.1 Å². The monoisotopic (exact) mass is 339 g/mol. The van der Waals surface area contributed by atoms with Crippen molar-refractivity contribution in [2.45, 2.75) is 32.9 Å². The Bertz CT molecular complexity index is 717. The van der Waals surface area contributed by atoms with E-state index in [4.69, 9.17) is 14.7 Å². The fourth-order valence-electron chi connectivity index (χ4n) is 2.50. The summed E-state index contributed by atoms with van der Waals surface area (Å²) in [5.74, 6) is -0.808. The Kier molecular flexibility index (Phi) is 5.17. The molecule has 128 valence electrons. The van der Waals surface area contributed by atoms with Crippen molar-refractivity contribution in [2.24, 2.45) is 5.92 Å². The largest absolute Gasteiger partial charge is 0.461 e. The molecule has 7 heteroatoms. The first-order valence-corrected chi connectivity index (χ1v) is 7.49. The van der Waals surface area contributed by atoms with E-state index in [-0.39, 0.29) is 12.4 Å². The molecule has 1 heterocycles. The van der Waals surface area contributed by atoms with E-state index in [1.165, 1.54) is 12.1 Å². The van der Waals surface area contributed by atoms with Crippen molar-refractivity contribution in [1.82, 2.24) is 0 Å². The summed E-state index contributed by atoms with van der Waals surface area (Å²) in [6.45, 7) is 3.70. The van der Waals surface area contributed by atoms with Gasteiger partial charge in [-0.25, -0.2) is 0 Å². The average Bonchev–Trinajstić information content (AvgIpc) is 2.54. The van der Waals surface area contributed by atoms with E-state index < -0.39 is 29.2 Å². The van der Waals surface area contributed by atoms with Gasteiger partial charge in [-0.1, -0.05) is 13.8 Å². The summed E-state index contributed by atoms with van der Waals surface area (Å²) in [4.78, 5) is 11.9. The highest BCUT2D eigenvalue weighted by Crippen LogP contribution is 2.36. The number of nitriles is 1. The summed E-state index contributed by atoms with van der Waals surface area (Å²) in [5.41, 5.74) is -0.804. The molecule has 1 atom stereocenters. The zero-order valence-corrected chi connectivity index (χ0v) is 13.2. The second-order valence-corrected chi connectivity index (χ2v) is 5.31. The molecule has 1 aliphatic rings.